The van der Waals surface area contributed by atoms with Gasteiger partial charge in [0.2, 0.25) is 11.6 Å². The molecule has 1 aliphatic carbocycles. The molecule has 1 aromatic carbocycles. The first-order chi connectivity index (χ1) is 11.1. The van der Waals surface area contributed by atoms with Gasteiger partial charge in [-0.3, -0.25) is 14.6 Å². The van der Waals surface area contributed by atoms with Crippen LogP contribution in [0.1, 0.15) is 20.8 Å². The van der Waals surface area contributed by atoms with Crippen molar-refractivity contribution in [1.29, 1.82) is 5.26 Å². The van der Waals surface area contributed by atoms with Gasteiger partial charge in [-0.1, -0.05) is 15.9 Å². The molecule has 0 radical (unpaired) electrons. The molecule has 1 unspecified atom stereocenters. The fraction of sp³-hybridized carbons (Fsp3) is 0.0625. The molecule has 5 nitrogen and oxygen atoms in total. The second kappa shape index (κ2) is 6.44. The molecule has 0 aliphatic heterocycles. The van der Waals surface area contributed by atoms with E-state index in [0.29, 0.717) is 17.4 Å². The van der Waals surface area contributed by atoms with Gasteiger partial charge < -0.3 is 0 Å². The summed E-state index contributed by atoms with van der Waals surface area (Å²) in [5.74, 6) is -0.744. The molecule has 112 valence electrons. The number of thioether (sulfide) groups is 1. The summed E-state index contributed by atoms with van der Waals surface area (Å²) in [5.41, 5.74) is 0.924. The van der Waals surface area contributed by atoms with E-state index >= 15 is 0 Å². The average Bonchev–Trinajstić information content (AvgIpc) is 2.57. The number of halogens is 1. The van der Waals surface area contributed by atoms with E-state index in [9.17, 15) is 9.59 Å². The molecule has 2 aromatic rings. The molecule has 3 rings (SSSR count). The number of thiocyanates is 1. The lowest BCUT2D eigenvalue weighted by molar-refractivity contribution is 0.0965. The van der Waals surface area contributed by atoms with Crippen molar-refractivity contribution in [2.24, 2.45) is 4.99 Å². The average molecular weight is 386 g/mol. The zero-order chi connectivity index (χ0) is 16.4. The van der Waals surface area contributed by atoms with Crippen LogP contribution < -0.4 is 0 Å². The molecule has 0 spiro atoms. The monoisotopic (exact) mass is 385 g/mol. The number of nitriles is 1. The number of fused-ring (bicyclic) bond motifs is 1. The Morgan fingerprint density at radius 3 is 2.65 bits per heavy atom. The van der Waals surface area contributed by atoms with E-state index < -0.39 is 5.25 Å². The number of carbonyl (C=O) groups is 2. The van der Waals surface area contributed by atoms with E-state index in [4.69, 9.17) is 5.26 Å². The number of Topliss-reactive ketones (excluding diaryl/α,β-unsaturated/α-hetero) is 2. The third kappa shape index (κ3) is 2.96. The predicted octanol–water partition coefficient (Wildman–Crippen LogP) is 3.58. The SMILES string of the molecule is N#CSC1C(=O)c2ncccc2C(=O)C1=Nc1ccc(Br)cc1. The Morgan fingerprint density at radius 2 is 1.96 bits per heavy atom. The summed E-state index contributed by atoms with van der Waals surface area (Å²) in [4.78, 5) is 33.5. The van der Waals surface area contributed by atoms with Gasteiger partial charge in [0, 0.05) is 10.7 Å². The Balaban J connectivity index is 2.14. The summed E-state index contributed by atoms with van der Waals surface area (Å²) < 4.78 is 0.880. The van der Waals surface area contributed by atoms with E-state index in [1.165, 1.54) is 6.20 Å². The number of hydrogen-bond acceptors (Lipinski definition) is 6. The molecule has 1 heterocycles. The summed E-state index contributed by atoms with van der Waals surface area (Å²) in [6, 6.07) is 10.2. The first-order valence-electron chi connectivity index (χ1n) is 6.54. The summed E-state index contributed by atoms with van der Waals surface area (Å²) >= 11 is 4.04. The summed E-state index contributed by atoms with van der Waals surface area (Å²) in [7, 11) is 0. The molecule has 0 bridgehead atoms. The highest BCUT2D eigenvalue weighted by molar-refractivity contribution is 9.10. The van der Waals surface area contributed by atoms with Gasteiger partial charge >= 0.3 is 0 Å². The van der Waals surface area contributed by atoms with Gasteiger partial charge in [-0.25, -0.2) is 4.99 Å². The van der Waals surface area contributed by atoms with Crippen molar-refractivity contribution >= 4 is 50.7 Å². The van der Waals surface area contributed by atoms with Gasteiger partial charge in [-0.05, 0) is 48.2 Å². The van der Waals surface area contributed by atoms with Crippen molar-refractivity contribution in [1.82, 2.24) is 4.98 Å². The van der Waals surface area contributed by atoms with E-state index in [1.807, 2.05) is 5.40 Å². The highest BCUT2D eigenvalue weighted by atomic mass is 79.9. The molecule has 0 fully saturated rings. The van der Waals surface area contributed by atoms with Crippen molar-refractivity contribution in [2.75, 3.05) is 0 Å². The minimum Gasteiger partial charge on any atom is -0.291 e. The molecular formula is C16H8BrN3O2S. The zero-order valence-electron chi connectivity index (χ0n) is 11.6. The Kier molecular flexibility index (Phi) is 4.37. The van der Waals surface area contributed by atoms with Crippen molar-refractivity contribution < 1.29 is 9.59 Å². The van der Waals surface area contributed by atoms with E-state index in [0.717, 1.165) is 4.47 Å². The Bertz CT molecular complexity index is 872. The quantitative estimate of drug-likeness (QED) is 0.737. The lowest BCUT2D eigenvalue weighted by Crippen LogP contribution is -2.39. The summed E-state index contributed by atoms with van der Waals surface area (Å²) in [5, 5.41) is 9.87. The minimum absolute atomic E-state index is 0.0596. The first-order valence-corrected chi connectivity index (χ1v) is 8.22. The van der Waals surface area contributed by atoms with Crippen LogP contribution in [0.4, 0.5) is 5.69 Å². The van der Waals surface area contributed by atoms with Crippen LogP contribution >= 0.6 is 27.7 Å². The molecule has 0 amide bonds. The number of hydrogen-bond donors (Lipinski definition) is 0. The Morgan fingerprint density at radius 1 is 1.22 bits per heavy atom. The standard InChI is InChI=1S/C16H8BrN3O2S/c17-9-3-5-10(6-4-9)20-13-14(21)11-2-1-7-19-12(11)15(22)16(13)23-8-18/h1-7,16H. The van der Waals surface area contributed by atoms with E-state index in [1.54, 1.807) is 36.4 Å². The minimum atomic E-state index is -0.960. The van der Waals surface area contributed by atoms with Crippen LogP contribution in [0.15, 0.2) is 52.1 Å². The van der Waals surface area contributed by atoms with Crippen molar-refractivity contribution in [2.45, 2.75) is 5.25 Å². The van der Waals surface area contributed by atoms with Crippen LogP contribution in [0, 0.1) is 10.7 Å². The largest absolute Gasteiger partial charge is 0.291 e. The topological polar surface area (TPSA) is 83.2 Å². The van der Waals surface area contributed by atoms with Crippen LogP contribution in [0.3, 0.4) is 0 Å². The Hall–Kier alpha value is -2.30. The molecule has 0 N–H and O–H groups in total. The number of aliphatic imine (C=N–C) groups is 1. The summed E-state index contributed by atoms with van der Waals surface area (Å²) in [6.07, 6.45) is 1.45. The Labute approximate surface area is 144 Å². The smallest absolute Gasteiger partial charge is 0.211 e. The number of pyridine rings is 1. The summed E-state index contributed by atoms with van der Waals surface area (Å²) in [6.45, 7) is 0. The molecule has 1 aliphatic rings. The molecule has 1 aromatic heterocycles. The fourth-order valence-corrected chi connectivity index (χ4v) is 3.08. The van der Waals surface area contributed by atoms with Crippen molar-refractivity contribution in [3.63, 3.8) is 0 Å². The second-order valence-electron chi connectivity index (χ2n) is 4.66. The van der Waals surface area contributed by atoms with E-state index in [2.05, 4.69) is 25.9 Å². The number of aromatic nitrogens is 1. The van der Waals surface area contributed by atoms with Gasteiger partial charge in [0.1, 0.15) is 22.1 Å². The third-order valence-electron chi connectivity index (χ3n) is 3.25. The van der Waals surface area contributed by atoms with Crippen LogP contribution in [0.2, 0.25) is 0 Å². The molecule has 7 heteroatoms. The molecule has 23 heavy (non-hydrogen) atoms. The number of benzene rings is 1. The highest BCUT2D eigenvalue weighted by Crippen LogP contribution is 2.28. The molecule has 1 atom stereocenters. The molecule has 0 saturated heterocycles. The van der Waals surface area contributed by atoms with Crippen molar-refractivity contribution in [3.05, 3.63) is 58.3 Å². The first kappa shape index (κ1) is 15.6. The number of nitrogens with zero attached hydrogens (tertiary/aromatic N) is 3. The molecule has 0 saturated carbocycles. The van der Waals surface area contributed by atoms with Crippen LogP contribution in [0.25, 0.3) is 0 Å². The predicted molar refractivity (Wildman–Crippen MR) is 91.1 cm³/mol. The van der Waals surface area contributed by atoms with Crippen molar-refractivity contribution in [3.8, 4) is 5.40 Å². The lowest BCUT2D eigenvalue weighted by Gasteiger charge is -2.20. The number of ketones is 2. The maximum Gasteiger partial charge on any atom is 0.211 e. The van der Waals surface area contributed by atoms with Crippen LogP contribution in [0.5, 0.6) is 0 Å². The van der Waals surface area contributed by atoms with Gasteiger partial charge in [0.15, 0.2) is 0 Å². The maximum absolute atomic E-state index is 12.7. The van der Waals surface area contributed by atoms with E-state index in [-0.39, 0.29) is 28.5 Å². The number of rotatable bonds is 2. The van der Waals surface area contributed by atoms with Gasteiger partial charge in [0.25, 0.3) is 0 Å². The second-order valence-corrected chi connectivity index (χ2v) is 6.46. The zero-order valence-corrected chi connectivity index (χ0v) is 14.0. The fourth-order valence-electron chi connectivity index (χ4n) is 2.22. The van der Waals surface area contributed by atoms with Gasteiger partial charge in [0.05, 0.1) is 11.3 Å². The van der Waals surface area contributed by atoms with Gasteiger partial charge in [-0.15, -0.1) is 0 Å². The molecular weight excluding hydrogens is 378 g/mol. The van der Waals surface area contributed by atoms with Crippen LogP contribution in [-0.4, -0.2) is 27.5 Å². The van der Waals surface area contributed by atoms with Crippen LogP contribution in [-0.2, 0) is 0 Å². The highest BCUT2D eigenvalue weighted by Gasteiger charge is 2.40. The third-order valence-corrected chi connectivity index (χ3v) is 4.56. The van der Waals surface area contributed by atoms with Gasteiger partial charge in [-0.2, -0.15) is 5.26 Å². The maximum atomic E-state index is 12.7. The number of carbonyl (C=O) groups excluding carboxylic acids is 2. The lowest BCUT2D eigenvalue weighted by atomic mass is 9.91. The normalized spacial score (nSPS) is 18.6.